The number of sulfonamides is 1. The van der Waals surface area contributed by atoms with Gasteiger partial charge in [-0.05, 0) is 36.8 Å². The summed E-state index contributed by atoms with van der Waals surface area (Å²) in [5.41, 5.74) is 0.557. The molecule has 0 fully saturated rings. The standard InChI is InChI=1S/C17H20N2O6S/c1-4-25-16-10-5-13(11-17(16)24-3)12-18(2)26(22,23)15-8-6-14(7-9-15)19(20)21/h5-11H,4,12H2,1-3H3. The summed E-state index contributed by atoms with van der Waals surface area (Å²) in [6.45, 7) is 2.46. The molecule has 8 nitrogen and oxygen atoms in total. The van der Waals surface area contributed by atoms with Crippen LogP contribution in [0, 0.1) is 10.1 Å². The summed E-state index contributed by atoms with van der Waals surface area (Å²) >= 11 is 0. The molecule has 2 aromatic carbocycles. The van der Waals surface area contributed by atoms with Gasteiger partial charge in [-0.2, -0.15) is 4.31 Å². The zero-order valence-electron chi connectivity index (χ0n) is 14.7. The number of nitrogens with zero attached hydrogens (tertiary/aromatic N) is 2. The topological polar surface area (TPSA) is 99.0 Å². The van der Waals surface area contributed by atoms with Crippen molar-refractivity contribution in [2.45, 2.75) is 18.4 Å². The van der Waals surface area contributed by atoms with Crippen LogP contribution in [0.1, 0.15) is 12.5 Å². The predicted molar refractivity (Wildman–Crippen MR) is 95.9 cm³/mol. The Bertz CT molecular complexity index is 881. The van der Waals surface area contributed by atoms with Crippen LogP contribution in [0.25, 0.3) is 0 Å². The van der Waals surface area contributed by atoms with Gasteiger partial charge in [0, 0.05) is 25.7 Å². The van der Waals surface area contributed by atoms with Gasteiger partial charge in [-0.15, -0.1) is 0 Å². The molecule has 0 saturated carbocycles. The molecule has 0 atom stereocenters. The molecular formula is C17H20N2O6S. The third kappa shape index (κ3) is 4.30. The van der Waals surface area contributed by atoms with Crippen molar-refractivity contribution in [3.63, 3.8) is 0 Å². The summed E-state index contributed by atoms with van der Waals surface area (Å²) in [7, 11) is -0.824. The van der Waals surface area contributed by atoms with Gasteiger partial charge in [-0.1, -0.05) is 6.07 Å². The predicted octanol–water partition coefficient (Wildman–Crippen LogP) is 2.82. The van der Waals surface area contributed by atoms with Crippen LogP contribution in [-0.4, -0.2) is 38.4 Å². The second-order valence-electron chi connectivity index (χ2n) is 5.43. The fourth-order valence-electron chi connectivity index (χ4n) is 2.35. The highest BCUT2D eigenvalue weighted by Crippen LogP contribution is 2.29. The van der Waals surface area contributed by atoms with Crippen LogP contribution < -0.4 is 9.47 Å². The number of methoxy groups -OCH3 is 1. The molecule has 2 aromatic rings. The van der Waals surface area contributed by atoms with Gasteiger partial charge in [-0.3, -0.25) is 10.1 Å². The lowest BCUT2D eigenvalue weighted by atomic mass is 10.2. The SMILES string of the molecule is CCOc1ccc(CN(C)S(=O)(=O)c2ccc([N+](=O)[O-])cc2)cc1OC. The van der Waals surface area contributed by atoms with E-state index in [9.17, 15) is 18.5 Å². The van der Waals surface area contributed by atoms with Gasteiger partial charge in [0.15, 0.2) is 11.5 Å². The Hall–Kier alpha value is -2.65. The third-order valence-electron chi connectivity index (χ3n) is 3.69. The molecule has 0 spiro atoms. The maximum atomic E-state index is 12.6. The minimum absolute atomic E-state index is 0.0106. The fraction of sp³-hybridized carbons (Fsp3) is 0.294. The highest BCUT2D eigenvalue weighted by atomic mass is 32.2. The summed E-state index contributed by atoms with van der Waals surface area (Å²) < 4.78 is 37.2. The number of nitro benzene ring substituents is 1. The van der Waals surface area contributed by atoms with Gasteiger partial charge in [0.1, 0.15) is 0 Å². The second-order valence-corrected chi connectivity index (χ2v) is 7.48. The molecular weight excluding hydrogens is 360 g/mol. The van der Waals surface area contributed by atoms with Crippen LogP contribution in [0.15, 0.2) is 47.4 Å². The van der Waals surface area contributed by atoms with Crippen LogP contribution in [0.2, 0.25) is 0 Å². The summed E-state index contributed by atoms with van der Waals surface area (Å²) in [6.07, 6.45) is 0. The van der Waals surface area contributed by atoms with Crippen molar-refractivity contribution >= 4 is 15.7 Å². The van der Waals surface area contributed by atoms with Crippen LogP contribution in [0.5, 0.6) is 11.5 Å². The van der Waals surface area contributed by atoms with E-state index in [0.29, 0.717) is 18.1 Å². The van der Waals surface area contributed by atoms with Crippen LogP contribution in [0.3, 0.4) is 0 Å². The van der Waals surface area contributed by atoms with Crippen LogP contribution >= 0.6 is 0 Å². The smallest absolute Gasteiger partial charge is 0.269 e. The largest absolute Gasteiger partial charge is 0.493 e. The second kappa shape index (κ2) is 8.15. The van der Waals surface area contributed by atoms with Crippen molar-refractivity contribution in [1.82, 2.24) is 4.31 Å². The van der Waals surface area contributed by atoms with Gasteiger partial charge >= 0.3 is 0 Å². The first-order valence-electron chi connectivity index (χ1n) is 7.80. The lowest BCUT2D eigenvalue weighted by molar-refractivity contribution is -0.384. The van der Waals surface area contributed by atoms with Gasteiger partial charge in [0.25, 0.3) is 5.69 Å². The van der Waals surface area contributed by atoms with Gasteiger partial charge < -0.3 is 9.47 Å². The zero-order chi connectivity index (χ0) is 19.3. The normalized spacial score (nSPS) is 11.4. The quantitative estimate of drug-likeness (QED) is 0.516. The van der Waals surface area contributed by atoms with E-state index in [0.717, 1.165) is 5.56 Å². The summed E-state index contributed by atoms with van der Waals surface area (Å²) in [5.74, 6) is 1.10. The number of hydrogen-bond donors (Lipinski definition) is 0. The lowest BCUT2D eigenvalue weighted by Crippen LogP contribution is -2.26. The molecule has 0 aliphatic carbocycles. The molecule has 0 heterocycles. The molecule has 0 amide bonds. The number of hydrogen-bond acceptors (Lipinski definition) is 6. The molecule has 0 aliphatic rings. The Morgan fingerprint density at radius 1 is 1.12 bits per heavy atom. The van der Waals surface area contributed by atoms with E-state index >= 15 is 0 Å². The molecule has 0 N–H and O–H groups in total. The minimum Gasteiger partial charge on any atom is -0.493 e. The lowest BCUT2D eigenvalue weighted by Gasteiger charge is -2.18. The fourth-order valence-corrected chi connectivity index (χ4v) is 3.51. The van der Waals surface area contributed by atoms with Crippen molar-refractivity contribution in [1.29, 1.82) is 0 Å². The molecule has 9 heteroatoms. The number of ether oxygens (including phenoxy) is 2. The average Bonchev–Trinajstić information content (AvgIpc) is 2.63. The van der Waals surface area contributed by atoms with Crippen molar-refractivity contribution in [2.24, 2.45) is 0 Å². The molecule has 0 radical (unpaired) electrons. The first kappa shape index (κ1) is 19.7. The maximum Gasteiger partial charge on any atom is 0.269 e. The van der Waals surface area contributed by atoms with E-state index in [2.05, 4.69) is 0 Å². The van der Waals surface area contributed by atoms with E-state index in [1.54, 1.807) is 18.2 Å². The van der Waals surface area contributed by atoms with Gasteiger partial charge in [0.2, 0.25) is 10.0 Å². The van der Waals surface area contributed by atoms with E-state index in [1.807, 2.05) is 6.92 Å². The Kier molecular flexibility index (Phi) is 6.17. The number of non-ortho nitro benzene ring substituents is 1. The van der Waals surface area contributed by atoms with E-state index in [-0.39, 0.29) is 17.1 Å². The molecule has 140 valence electrons. The van der Waals surface area contributed by atoms with E-state index in [4.69, 9.17) is 9.47 Å². The summed E-state index contributed by atoms with van der Waals surface area (Å²) in [4.78, 5) is 10.1. The highest BCUT2D eigenvalue weighted by Gasteiger charge is 2.22. The monoisotopic (exact) mass is 380 g/mol. The van der Waals surface area contributed by atoms with Gasteiger partial charge in [0.05, 0.1) is 23.5 Å². The molecule has 26 heavy (non-hydrogen) atoms. The van der Waals surface area contributed by atoms with Crippen LogP contribution in [0.4, 0.5) is 5.69 Å². The Morgan fingerprint density at radius 3 is 2.31 bits per heavy atom. The molecule has 0 aromatic heterocycles. The Labute approximate surface area is 152 Å². The zero-order valence-corrected chi connectivity index (χ0v) is 15.5. The van der Waals surface area contributed by atoms with E-state index in [1.165, 1.54) is 42.7 Å². The first-order valence-corrected chi connectivity index (χ1v) is 9.24. The van der Waals surface area contributed by atoms with Gasteiger partial charge in [-0.25, -0.2) is 8.42 Å². The average molecular weight is 380 g/mol. The number of nitro groups is 1. The number of rotatable bonds is 8. The molecule has 0 saturated heterocycles. The molecule has 0 aliphatic heterocycles. The Balaban J connectivity index is 2.22. The van der Waals surface area contributed by atoms with Crippen molar-refractivity contribution in [2.75, 3.05) is 20.8 Å². The minimum atomic E-state index is -3.78. The van der Waals surface area contributed by atoms with E-state index < -0.39 is 14.9 Å². The first-order chi connectivity index (χ1) is 12.3. The van der Waals surface area contributed by atoms with Crippen molar-refractivity contribution in [3.8, 4) is 11.5 Å². The summed E-state index contributed by atoms with van der Waals surface area (Å²) in [5, 5.41) is 10.7. The third-order valence-corrected chi connectivity index (χ3v) is 5.51. The molecule has 2 rings (SSSR count). The van der Waals surface area contributed by atoms with Crippen molar-refractivity contribution < 1.29 is 22.8 Å². The van der Waals surface area contributed by atoms with Crippen LogP contribution in [-0.2, 0) is 16.6 Å². The number of benzene rings is 2. The Morgan fingerprint density at radius 2 is 1.77 bits per heavy atom. The maximum absolute atomic E-state index is 12.6. The van der Waals surface area contributed by atoms with Crippen molar-refractivity contribution in [3.05, 3.63) is 58.1 Å². The summed E-state index contributed by atoms with van der Waals surface area (Å²) in [6, 6.07) is 9.99. The highest BCUT2D eigenvalue weighted by molar-refractivity contribution is 7.89. The molecule has 0 unspecified atom stereocenters. The molecule has 0 bridgehead atoms.